The van der Waals surface area contributed by atoms with Crippen LogP contribution >= 0.6 is 23.1 Å². The van der Waals surface area contributed by atoms with Gasteiger partial charge in [0.05, 0.1) is 17.0 Å². The molecule has 5 nitrogen and oxygen atoms in total. The molecule has 4 aromatic rings. The fourth-order valence-electron chi connectivity index (χ4n) is 2.93. The van der Waals surface area contributed by atoms with Gasteiger partial charge in [0, 0.05) is 11.8 Å². The predicted octanol–water partition coefficient (Wildman–Crippen LogP) is 4.76. The van der Waals surface area contributed by atoms with Crippen molar-refractivity contribution in [3.63, 3.8) is 0 Å². The van der Waals surface area contributed by atoms with E-state index in [0.717, 1.165) is 40.1 Å². The predicted molar refractivity (Wildman–Crippen MR) is 116 cm³/mol. The molecule has 0 bridgehead atoms. The van der Waals surface area contributed by atoms with Crippen molar-refractivity contribution in [1.82, 2.24) is 9.55 Å². The van der Waals surface area contributed by atoms with Gasteiger partial charge in [-0.2, -0.15) is 0 Å². The SMILES string of the molecule is Cc1cccc(NC(=O)CSc2nc3ccsc3c(=O)n2-c2cc(F)cc(F)c2)c1. The number of nitrogens with one attached hydrogen (secondary N) is 1. The first kappa shape index (κ1) is 20.2. The highest BCUT2D eigenvalue weighted by Crippen LogP contribution is 2.24. The van der Waals surface area contributed by atoms with Crippen LogP contribution in [0.4, 0.5) is 14.5 Å². The number of aryl methyl sites for hydroxylation is 1. The third-order valence-corrected chi connectivity index (χ3v) is 6.02. The van der Waals surface area contributed by atoms with Crippen molar-refractivity contribution in [3.8, 4) is 5.69 Å². The van der Waals surface area contributed by atoms with Gasteiger partial charge in [0.1, 0.15) is 16.3 Å². The number of carbonyl (C=O) groups excluding carboxylic acids is 1. The monoisotopic (exact) mass is 443 g/mol. The quantitative estimate of drug-likeness (QED) is 0.357. The van der Waals surface area contributed by atoms with Crippen LogP contribution in [-0.2, 0) is 4.79 Å². The molecule has 0 radical (unpaired) electrons. The van der Waals surface area contributed by atoms with Gasteiger partial charge in [0.2, 0.25) is 5.91 Å². The summed E-state index contributed by atoms with van der Waals surface area (Å²) in [5.74, 6) is -1.94. The Balaban J connectivity index is 1.67. The lowest BCUT2D eigenvalue weighted by atomic mass is 10.2. The Kier molecular flexibility index (Phi) is 5.65. The van der Waals surface area contributed by atoms with Crippen LogP contribution in [0.2, 0.25) is 0 Å². The van der Waals surface area contributed by atoms with Crippen LogP contribution in [0.3, 0.4) is 0 Å². The highest BCUT2D eigenvalue weighted by molar-refractivity contribution is 7.99. The molecule has 0 aliphatic rings. The molecule has 2 aromatic heterocycles. The molecule has 2 heterocycles. The van der Waals surface area contributed by atoms with Crippen molar-refractivity contribution in [1.29, 1.82) is 0 Å². The Hall–Kier alpha value is -3.04. The topological polar surface area (TPSA) is 64.0 Å². The maximum Gasteiger partial charge on any atom is 0.276 e. The van der Waals surface area contributed by atoms with Crippen LogP contribution < -0.4 is 10.9 Å². The maximum atomic E-state index is 13.8. The molecule has 0 atom stereocenters. The van der Waals surface area contributed by atoms with Crippen LogP contribution in [0, 0.1) is 18.6 Å². The molecule has 1 N–H and O–H groups in total. The summed E-state index contributed by atoms with van der Waals surface area (Å²) in [6.45, 7) is 1.92. The van der Waals surface area contributed by atoms with E-state index in [1.165, 1.54) is 11.3 Å². The Morgan fingerprint density at radius 3 is 2.67 bits per heavy atom. The zero-order valence-corrected chi connectivity index (χ0v) is 17.3. The zero-order valence-electron chi connectivity index (χ0n) is 15.7. The Labute approximate surface area is 178 Å². The first-order chi connectivity index (χ1) is 14.4. The Morgan fingerprint density at radius 2 is 1.93 bits per heavy atom. The molecule has 30 heavy (non-hydrogen) atoms. The number of fused-ring (bicyclic) bond motifs is 1. The number of thiophene rings is 1. The summed E-state index contributed by atoms with van der Waals surface area (Å²) < 4.78 is 29.1. The van der Waals surface area contributed by atoms with E-state index in [4.69, 9.17) is 0 Å². The van der Waals surface area contributed by atoms with E-state index in [-0.39, 0.29) is 22.5 Å². The average molecular weight is 444 g/mol. The molecule has 1 amide bonds. The van der Waals surface area contributed by atoms with Crippen molar-refractivity contribution < 1.29 is 13.6 Å². The van der Waals surface area contributed by atoms with E-state index < -0.39 is 17.2 Å². The number of carbonyl (C=O) groups is 1. The Bertz CT molecular complexity index is 1300. The summed E-state index contributed by atoms with van der Waals surface area (Å²) in [5.41, 5.74) is 1.71. The molecule has 0 spiro atoms. The van der Waals surface area contributed by atoms with E-state index >= 15 is 0 Å². The third-order valence-electron chi connectivity index (χ3n) is 4.19. The number of anilines is 1. The fourth-order valence-corrected chi connectivity index (χ4v) is 4.51. The number of rotatable bonds is 5. The van der Waals surface area contributed by atoms with Crippen LogP contribution in [0.1, 0.15) is 5.56 Å². The number of aromatic nitrogens is 2. The molecule has 0 aliphatic carbocycles. The van der Waals surface area contributed by atoms with Gasteiger partial charge >= 0.3 is 0 Å². The lowest BCUT2D eigenvalue weighted by Crippen LogP contribution is -2.22. The first-order valence-electron chi connectivity index (χ1n) is 8.87. The van der Waals surface area contributed by atoms with Crippen molar-refractivity contribution in [3.05, 3.63) is 81.5 Å². The minimum Gasteiger partial charge on any atom is -0.325 e. The lowest BCUT2D eigenvalue weighted by molar-refractivity contribution is -0.113. The molecular formula is C21H15F2N3O2S2. The number of hydrogen-bond donors (Lipinski definition) is 1. The lowest BCUT2D eigenvalue weighted by Gasteiger charge is -2.12. The normalized spacial score (nSPS) is 11.0. The van der Waals surface area contributed by atoms with Gasteiger partial charge in [-0.15, -0.1) is 11.3 Å². The summed E-state index contributed by atoms with van der Waals surface area (Å²) in [5, 5.41) is 4.68. The van der Waals surface area contributed by atoms with E-state index in [0.29, 0.717) is 15.9 Å². The molecule has 0 aliphatic heterocycles. The summed E-state index contributed by atoms with van der Waals surface area (Å²) in [6.07, 6.45) is 0. The van der Waals surface area contributed by atoms with Gasteiger partial charge in [0.25, 0.3) is 5.56 Å². The van der Waals surface area contributed by atoms with Gasteiger partial charge in [0.15, 0.2) is 5.16 Å². The summed E-state index contributed by atoms with van der Waals surface area (Å²) in [6, 6.07) is 11.9. The average Bonchev–Trinajstić information content (AvgIpc) is 3.14. The molecule has 0 saturated heterocycles. The number of halogens is 2. The van der Waals surface area contributed by atoms with Crippen molar-refractivity contribution in [2.75, 3.05) is 11.1 Å². The van der Waals surface area contributed by atoms with Crippen molar-refractivity contribution in [2.45, 2.75) is 12.1 Å². The molecule has 0 fully saturated rings. The largest absolute Gasteiger partial charge is 0.325 e. The first-order valence-corrected chi connectivity index (χ1v) is 10.7. The summed E-state index contributed by atoms with van der Waals surface area (Å²) in [7, 11) is 0. The summed E-state index contributed by atoms with van der Waals surface area (Å²) in [4.78, 5) is 29.8. The van der Waals surface area contributed by atoms with E-state index in [1.54, 1.807) is 17.5 Å². The molecular weight excluding hydrogens is 428 g/mol. The molecule has 0 unspecified atom stereocenters. The van der Waals surface area contributed by atoms with E-state index in [2.05, 4.69) is 10.3 Å². The third kappa shape index (κ3) is 4.27. The van der Waals surface area contributed by atoms with Crippen LogP contribution in [0.5, 0.6) is 0 Å². The standard InChI is InChI=1S/C21H15F2N3O2S2/c1-12-3-2-4-15(7-12)24-18(27)11-30-21-25-17-5-6-29-19(17)20(28)26(21)16-9-13(22)8-14(23)10-16/h2-10H,11H2,1H3,(H,24,27). The smallest absolute Gasteiger partial charge is 0.276 e. The van der Waals surface area contributed by atoms with Crippen LogP contribution in [0.25, 0.3) is 15.9 Å². The molecule has 2 aromatic carbocycles. The van der Waals surface area contributed by atoms with E-state index in [9.17, 15) is 18.4 Å². The van der Waals surface area contributed by atoms with Gasteiger partial charge in [-0.3, -0.25) is 14.2 Å². The Morgan fingerprint density at radius 1 is 1.17 bits per heavy atom. The maximum absolute atomic E-state index is 13.8. The number of hydrogen-bond acceptors (Lipinski definition) is 5. The van der Waals surface area contributed by atoms with Crippen LogP contribution in [0.15, 0.2) is 63.9 Å². The molecule has 0 saturated carbocycles. The van der Waals surface area contributed by atoms with Crippen molar-refractivity contribution in [2.24, 2.45) is 0 Å². The second kappa shape index (κ2) is 8.37. The summed E-state index contributed by atoms with van der Waals surface area (Å²) >= 11 is 2.21. The second-order valence-corrected chi connectivity index (χ2v) is 8.36. The van der Waals surface area contributed by atoms with Gasteiger partial charge in [-0.05, 0) is 48.2 Å². The minimum absolute atomic E-state index is 0.0156. The minimum atomic E-state index is -0.809. The number of nitrogens with zero attached hydrogens (tertiary/aromatic N) is 2. The molecule has 9 heteroatoms. The van der Waals surface area contributed by atoms with Gasteiger partial charge in [-0.1, -0.05) is 23.9 Å². The van der Waals surface area contributed by atoms with Gasteiger partial charge < -0.3 is 5.32 Å². The number of amides is 1. The zero-order chi connectivity index (χ0) is 21.3. The second-order valence-electron chi connectivity index (χ2n) is 6.50. The van der Waals surface area contributed by atoms with Gasteiger partial charge in [-0.25, -0.2) is 13.8 Å². The van der Waals surface area contributed by atoms with E-state index in [1.807, 2.05) is 25.1 Å². The highest BCUT2D eigenvalue weighted by Gasteiger charge is 2.17. The van der Waals surface area contributed by atoms with Crippen LogP contribution in [-0.4, -0.2) is 21.2 Å². The highest BCUT2D eigenvalue weighted by atomic mass is 32.2. The molecule has 4 rings (SSSR count). The number of benzene rings is 2. The number of thioether (sulfide) groups is 1. The van der Waals surface area contributed by atoms with Crippen molar-refractivity contribution >= 4 is 44.9 Å². The fraction of sp³-hybridized carbons (Fsp3) is 0.0952. The molecule has 152 valence electrons.